The standard InChI is InChI=1S/C26H31FN6O2.H2/c1-4-33-21(11-12-28-33)25(34)30-24(23(16-5-6-16)17-7-8-17)26(35)29-18-9-10-19(20(27)13-18)22-14(2)31-32-15(22)3;/h9-13,16-17,23-24H,4-8H2,1-3H3,(H,29,35)(H,30,34)(H,31,32);1H/t24-;/m0./s1. The maximum atomic E-state index is 15.1. The van der Waals surface area contributed by atoms with E-state index in [0.29, 0.717) is 41.0 Å². The first-order valence-electron chi connectivity index (χ1n) is 12.3. The Bertz CT molecular complexity index is 1230. The van der Waals surface area contributed by atoms with E-state index in [2.05, 4.69) is 25.9 Å². The van der Waals surface area contributed by atoms with Crippen molar-refractivity contribution in [2.75, 3.05) is 5.32 Å². The summed E-state index contributed by atoms with van der Waals surface area (Å²) in [6.07, 6.45) is 5.86. The summed E-state index contributed by atoms with van der Waals surface area (Å²) in [5.41, 5.74) is 3.43. The lowest BCUT2D eigenvalue weighted by molar-refractivity contribution is -0.119. The lowest BCUT2D eigenvalue weighted by Crippen LogP contribution is -2.50. The highest BCUT2D eigenvalue weighted by atomic mass is 19.1. The van der Waals surface area contributed by atoms with Crippen LogP contribution in [0.25, 0.3) is 11.1 Å². The zero-order valence-electron chi connectivity index (χ0n) is 20.3. The molecule has 2 aromatic heterocycles. The predicted molar refractivity (Wildman–Crippen MR) is 132 cm³/mol. The highest BCUT2D eigenvalue weighted by molar-refractivity contribution is 6.01. The lowest BCUT2D eigenvalue weighted by Gasteiger charge is -2.27. The normalized spacial score (nSPS) is 16.4. The van der Waals surface area contributed by atoms with Crippen LogP contribution in [0, 0.1) is 37.4 Å². The number of benzene rings is 1. The minimum Gasteiger partial charge on any atom is -0.339 e. The van der Waals surface area contributed by atoms with Gasteiger partial charge in [-0.05, 0) is 88.5 Å². The molecule has 0 spiro atoms. The second kappa shape index (κ2) is 9.28. The predicted octanol–water partition coefficient (Wildman–Crippen LogP) is 4.47. The van der Waals surface area contributed by atoms with Crippen molar-refractivity contribution in [3.63, 3.8) is 0 Å². The van der Waals surface area contributed by atoms with Crippen LogP contribution in [0.2, 0.25) is 0 Å². The first kappa shape index (κ1) is 23.3. The van der Waals surface area contributed by atoms with E-state index in [9.17, 15) is 9.59 Å². The number of hydrogen-bond acceptors (Lipinski definition) is 4. The molecule has 3 N–H and O–H groups in total. The van der Waals surface area contributed by atoms with E-state index in [-0.39, 0.29) is 19.2 Å². The van der Waals surface area contributed by atoms with Crippen LogP contribution in [0.1, 0.15) is 55.9 Å². The zero-order chi connectivity index (χ0) is 24.7. The Morgan fingerprint density at radius 2 is 1.91 bits per heavy atom. The molecule has 2 saturated carbocycles. The third-order valence-electron chi connectivity index (χ3n) is 7.17. The van der Waals surface area contributed by atoms with E-state index >= 15 is 4.39 Å². The van der Waals surface area contributed by atoms with Gasteiger partial charge in [-0.1, -0.05) is 0 Å². The fourth-order valence-corrected chi connectivity index (χ4v) is 5.18. The average molecular weight is 481 g/mol. The van der Waals surface area contributed by atoms with E-state index < -0.39 is 11.9 Å². The molecule has 2 heterocycles. The minimum atomic E-state index is -0.691. The number of rotatable bonds is 9. The molecule has 5 rings (SSSR count). The van der Waals surface area contributed by atoms with Gasteiger partial charge in [-0.3, -0.25) is 19.4 Å². The van der Waals surface area contributed by atoms with Crippen LogP contribution in [0.5, 0.6) is 0 Å². The number of halogens is 1. The van der Waals surface area contributed by atoms with Crippen LogP contribution in [-0.4, -0.2) is 37.8 Å². The van der Waals surface area contributed by atoms with Crippen LogP contribution in [0.3, 0.4) is 0 Å². The SMILES string of the molecule is CCn1nccc1C(=O)N[C@H](C(=O)Nc1ccc(-c2c(C)n[nH]c2C)c(F)c1)C(C1CC1)C1CC1.[HH]. The van der Waals surface area contributed by atoms with E-state index in [4.69, 9.17) is 0 Å². The molecule has 8 nitrogen and oxygen atoms in total. The number of nitrogens with one attached hydrogen (secondary N) is 3. The third kappa shape index (κ3) is 4.72. The number of H-pyrrole nitrogens is 1. The number of carbonyl (C=O) groups is 2. The summed E-state index contributed by atoms with van der Waals surface area (Å²) < 4.78 is 16.7. The molecule has 0 radical (unpaired) electrons. The Balaban J connectivity index is 0.00000304. The highest BCUT2D eigenvalue weighted by Gasteiger charge is 2.48. The molecule has 2 aliphatic carbocycles. The fraction of sp³-hybridized carbons (Fsp3) is 0.462. The number of amides is 2. The van der Waals surface area contributed by atoms with Crippen molar-refractivity contribution in [2.24, 2.45) is 17.8 Å². The molecule has 35 heavy (non-hydrogen) atoms. The molecule has 2 aliphatic rings. The van der Waals surface area contributed by atoms with Crippen LogP contribution < -0.4 is 10.6 Å². The van der Waals surface area contributed by atoms with Crippen molar-refractivity contribution in [3.05, 3.63) is 53.4 Å². The van der Waals surface area contributed by atoms with Crippen molar-refractivity contribution in [3.8, 4) is 11.1 Å². The Labute approximate surface area is 205 Å². The maximum absolute atomic E-state index is 15.1. The number of aromatic amines is 1. The number of aromatic nitrogens is 4. The van der Waals surface area contributed by atoms with Crippen molar-refractivity contribution in [1.82, 2.24) is 25.3 Å². The van der Waals surface area contributed by atoms with E-state index in [1.54, 1.807) is 29.1 Å². The topological polar surface area (TPSA) is 105 Å². The molecular formula is C26H33FN6O2. The van der Waals surface area contributed by atoms with E-state index in [1.165, 1.54) is 6.07 Å². The lowest BCUT2D eigenvalue weighted by atomic mass is 9.88. The molecule has 1 atom stereocenters. The first-order valence-corrected chi connectivity index (χ1v) is 12.3. The summed E-state index contributed by atoms with van der Waals surface area (Å²) in [5, 5.41) is 17.1. The molecule has 9 heteroatoms. The number of nitrogens with zero attached hydrogens (tertiary/aromatic N) is 3. The van der Waals surface area contributed by atoms with Gasteiger partial charge in [-0.25, -0.2) is 4.39 Å². The molecule has 3 aromatic rings. The molecule has 1 aromatic carbocycles. The van der Waals surface area contributed by atoms with E-state index in [0.717, 1.165) is 36.9 Å². The van der Waals surface area contributed by atoms with Crippen LogP contribution in [0.15, 0.2) is 30.5 Å². The summed E-state index contributed by atoms with van der Waals surface area (Å²) in [6, 6.07) is 5.64. The second-order valence-corrected chi connectivity index (χ2v) is 9.73. The van der Waals surface area contributed by atoms with Crippen LogP contribution in [0.4, 0.5) is 10.1 Å². The fourth-order valence-electron chi connectivity index (χ4n) is 5.18. The average Bonchev–Trinajstić information content (AvgIpc) is 3.76. The van der Waals surface area contributed by atoms with Gasteiger partial charge in [0.2, 0.25) is 5.91 Å². The summed E-state index contributed by atoms with van der Waals surface area (Å²) >= 11 is 0. The summed E-state index contributed by atoms with van der Waals surface area (Å²) in [5.74, 6) is -0.126. The van der Waals surface area contributed by atoms with Crippen molar-refractivity contribution in [2.45, 2.75) is 59.0 Å². The summed E-state index contributed by atoms with van der Waals surface area (Å²) in [4.78, 5) is 26.6. The van der Waals surface area contributed by atoms with Gasteiger partial charge >= 0.3 is 0 Å². The Kier molecular flexibility index (Phi) is 6.17. The molecule has 0 saturated heterocycles. The molecule has 0 unspecified atom stereocenters. The van der Waals surface area contributed by atoms with E-state index in [1.807, 2.05) is 20.8 Å². The number of aryl methyl sites for hydroxylation is 3. The Morgan fingerprint density at radius 1 is 1.20 bits per heavy atom. The van der Waals surface area contributed by atoms with Gasteiger partial charge in [0.25, 0.3) is 5.91 Å². The Hall–Kier alpha value is -3.49. The maximum Gasteiger partial charge on any atom is 0.270 e. The van der Waals surface area contributed by atoms with Gasteiger partial charge in [0, 0.05) is 36.7 Å². The van der Waals surface area contributed by atoms with Gasteiger partial charge in [-0.2, -0.15) is 10.2 Å². The smallest absolute Gasteiger partial charge is 0.270 e. The third-order valence-corrected chi connectivity index (χ3v) is 7.17. The summed E-state index contributed by atoms with van der Waals surface area (Å²) in [6.45, 7) is 6.14. The minimum absolute atomic E-state index is 0. The molecule has 2 amide bonds. The van der Waals surface area contributed by atoms with Gasteiger partial charge in [-0.15, -0.1) is 0 Å². The quantitative estimate of drug-likeness (QED) is 0.420. The molecular weight excluding hydrogens is 447 g/mol. The monoisotopic (exact) mass is 480 g/mol. The molecule has 0 bridgehead atoms. The highest BCUT2D eigenvalue weighted by Crippen LogP contribution is 2.51. The summed E-state index contributed by atoms with van der Waals surface area (Å²) in [7, 11) is 0. The van der Waals surface area contributed by atoms with Gasteiger partial charge in [0.1, 0.15) is 17.6 Å². The zero-order valence-corrected chi connectivity index (χ0v) is 20.3. The first-order chi connectivity index (χ1) is 16.9. The number of carbonyl (C=O) groups excluding carboxylic acids is 2. The number of hydrogen-bond donors (Lipinski definition) is 3. The number of anilines is 1. The van der Waals surface area contributed by atoms with Crippen molar-refractivity contribution >= 4 is 17.5 Å². The van der Waals surface area contributed by atoms with Crippen molar-refractivity contribution in [1.29, 1.82) is 0 Å². The van der Waals surface area contributed by atoms with Gasteiger partial charge < -0.3 is 10.6 Å². The van der Waals surface area contributed by atoms with Gasteiger partial charge in [0.15, 0.2) is 0 Å². The molecule has 0 aliphatic heterocycles. The van der Waals surface area contributed by atoms with Gasteiger partial charge in [0.05, 0.1) is 5.69 Å². The van der Waals surface area contributed by atoms with Crippen LogP contribution in [-0.2, 0) is 11.3 Å². The Morgan fingerprint density at radius 3 is 2.49 bits per heavy atom. The second-order valence-electron chi connectivity index (χ2n) is 9.73. The largest absolute Gasteiger partial charge is 0.339 e. The molecule has 186 valence electrons. The molecule has 2 fully saturated rings. The van der Waals surface area contributed by atoms with Crippen LogP contribution >= 0.6 is 0 Å². The van der Waals surface area contributed by atoms with Crippen molar-refractivity contribution < 1.29 is 15.4 Å².